The monoisotopic (exact) mass is 285 g/mol. The highest BCUT2D eigenvalue weighted by molar-refractivity contribution is 9.10. The average Bonchev–Trinajstić information content (AvgIpc) is 2.33. The Morgan fingerprint density at radius 1 is 1.31 bits per heavy atom. The number of anilines is 2. The Morgan fingerprint density at radius 3 is 2.75 bits per heavy atom. The molecule has 2 N–H and O–H groups in total. The first-order valence-electron chi connectivity index (χ1n) is 5.51. The highest BCUT2D eigenvalue weighted by atomic mass is 79.9. The third-order valence-corrected chi connectivity index (χ3v) is 3.17. The molecular formula is C10H16BrN5. The maximum Gasteiger partial charge on any atom is 0.224 e. The van der Waals surface area contributed by atoms with E-state index < -0.39 is 0 Å². The van der Waals surface area contributed by atoms with Gasteiger partial charge in [-0.1, -0.05) is 6.42 Å². The van der Waals surface area contributed by atoms with Crippen LogP contribution in [0.5, 0.6) is 0 Å². The molecule has 16 heavy (non-hydrogen) atoms. The average molecular weight is 286 g/mol. The van der Waals surface area contributed by atoms with Crippen molar-refractivity contribution in [2.75, 3.05) is 30.9 Å². The molecule has 0 unspecified atom stereocenters. The van der Waals surface area contributed by atoms with Gasteiger partial charge in [0.2, 0.25) is 5.95 Å². The molecule has 2 rings (SSSR count). The van der Waals surface area contributed by atoms with E-state index in [0.29, 0.717) is 5.95 Å². The maximum atomic E-state index is 4.36. The number of nitrogens with one attached hydrogen (secondary N) is 2. The Bertz CT molecular complexity index is 351. The van der Waals surface area contributed by atoms with Crippen LogP contribution in [0.1, 0.15) is 19.3 Å². The molecule has 1 aromatic heterocycles. The number of aromatic nitrogens is 2. The van der Waals surface area contributed by atoms with Gasteiger partial charge in [0.05, 0.1) is 4.47 Å². The van der Waals surface area contributed by atoms with Gasteiger partial charge in [-0.2, -0.15) is 4.98 Å². The van der Waals surface area contributed by atoms with Crippen molar-refractivity contribution in [3.8, 4) is 0 Å². The standard InChI is InChI=1S/C10H16BrN5/c1-12-10-13-7-8(11)9(14-10)15-16-5-3-2-4-6-16/h7H,2-6H2,1H3,(H2,12,13,14,15). The molecule has 2 heterocycles. The van der Waals surface area contributed by atoms with Crippen molar-refractivity contribution < 1.29 is 0 Å². The maximum absolute atomic E-state index is 4.36. The Hall–Kier alpha value is -0.880. The zero-order valence-electron chi connectivity index (χ0n) is 9.33. The topological polar surface area (TPSA) is 53.1 Å². The fraction of sp³-hybridized carbons (Fsp3) is 0.600. The van der Waals surface area contributed by atoms with Crippen molar-refractivity contribution in [3.05, 3.63) is 10.7 Å². The van der Waals surface area contributed by atoms with Crippen molar-refractivity contribution in [2.45, 2.75) is 19.3 Å². The molecule has 6 heteroatoms. The lowest BCUT2D eigenvalue weighted by atomic mass is 10.2. The molecule has 1 saturated heterocycles. The van der Waals surface area contributed by atoms with E-state index >= 15 is 0 Å². The van der Waals surface area contributed by atoms with Gasteiger partial charge in [0.1, 0.15) is 0 Å². The lowest BCUT2D eigenvalue weighted by Crippen LogP contribution is -2.35. The van der Waals surface area contributed by atoms with Gasteiger partial charge in [-0.3, -0.25) is 0 Å². The molecule has 0 aromatic carbocycles. The molecule has 1 fully saturated rings. The number of nitrogens with zero attached hydrogens (tertiary/aromatic N) is 3. The van der Waals surface area contributed by atoms with Crippen LogP contribution in [0, 0.1) is 0 Å². The van der Waals surface area contributed by atoms with Crippen LogP contribution in [0.25, 0.3) is 0 Å². The third kappa shape index (κ3) is 2.82. The normalized spacial score (nSPS) is 17.1. The van der Waals surface area contributed by atoms with Gasteiger partial charge in [0.25, 0.3) is 0 Å². The van der Waals surface area contributed by atoms with Gasteiger partial charge in [-0.15, -0.1) is 0 Å². The molecule has 1 aromatic rings. The minimum Gasteiger partial charge on any atom is -0.357 e. The van der Waals surface area contributed by atoms with Gasteiger partial charge >= 0.3 is 0 Å². The number of piperidine rings is 1. The summed E-state index contributed by atoms with van der Waals surface area (Å²) in [4.78, 5) is 8.49. The molecule has 0 bridgehead atoms. The predicted octanol–water partition coefficient (Wildman–Crippen LogP) is 2.09. The van der Waals surface area contributed by atoms with E-state index in [9.17, 15) is 0 Å². The van der Waals surface area contributed by atoms with Gasteiger partial charge in [-0.25, -0.2) is 9.99 Å². The fourth-order valence-electron chi connectivity index (χ4n) is 1.72. The molecule has 88 valence electrons. The largest absolute Gasteiger partial charge is 0.357 e. The first kappa shape index (κ1) is 11.6. The molecule has 0 aliphatic carbocycles. The number of hydrazine groups is 1. The van der Waals surface area contributed by atoms with Crippen LogP contribution in [0.15, 0.2) is 10.7 Å². The summed E-state index contributed by atoms with van der Waals surface area (Å²) in [5.41, 5.74) is 3.32. The Kier molecular flexibility index (Phi) is 3.95. The fourth-order valence-corrected chi connectivity index (χ4v) is 2.00. The Morgan fingerprint density at radius 2 is 2.06 bits per heavy atom. The van der Waals surface area contributed by atoms with E-state index in [1.807, 2.05) is 7.05 Å². The van der Waals surface area contributed by atoms with Gasteiger partial charge < -0.3 is 10.7 Å². The first-order chi connectivity index (χ1) is 7.79. The smallest absolute Gasteiger partial charge is 0.224 e. The SMILES string of the molecule is CNc1ncc(Br)c(NN2CCCCC2)n1. The van der Waals surface area contributed by atoms with Crippen LogP contribution in [-0.4, -0.2) is 35.1 Å². The molecule has 1 aliphatic rings. The molecule has 0 atom stereocenters. The molecule has 0 saturated carbocycles. The summed E-state index contributed by atoms with van der Waals surface area (Å²) in [6, 6.07) is 0. The zero-order valence-corrected chi connectivity index (χ0v) is 10.9. The zero-order chi connectivity index (χ0) is 11.4. The highest BCUT2D eigenvalue weighted by Crippen LogP contribution is 2.21. The summed E-state index contributed by atoms with van der Waals surface area (Å²) in [6.07, 6.45) is 5.57. The quantitative estimate of drug-likeness (QED) is 0.891. The van der Waals surface area contributed by atoms with Gasteiger partial charge in [0, 0.05) is 26.3 Å². The molecule has 0 amide bonds. The first-order valence-corrected chi connectivity index (χ1v) is 6.31. The van der Waals surface area contributed by atoms with Crippen molar-refractivity contribution >= 4 is 27.7 Å². The van der Waals surface area contributed by atoms with E-state index in [2.05, 4.69) is 41.6 Å². The predicted molar refractivity (Wildman–Crippen MR) is 68.3 cm³/mol. The van der Waals surface area contributed by atoms with E-state index in [1.165, 1.54) is 19.3 Å². The van der Waals surface area contributed by atoms with Crippen LogP contribution in [0.2, 0.25) is 0 Å². The van der Waals surface area contributed by atoms with E-state index in [4.69, 9.17) is 0 Å². The number of rotatable bonds is 3. The molecule has 1 aliphatic heterocycles. The summed E-state index contributed by atoms with van der Waals surface area (Å²) in [5, 5.41) is 5.13. The molecule has 5 nitrogen and oxygen atoms in total. The summed E-state index contributed by atoms with van der Waals surface area (Å²) in [7, 11) is 1.81. The molecular weight excluding hydrogens is 270 g/mol. The second kappa shape index (κ2) is 5.45. The summed E-state index contributed by atoms with van der Waals surface area (Å²) in [6.45, 7) is 2.15. The van der Waals surface area contributed by atoms with Crippen molar-refractivity contribution in [2.24, 2.45) is 0 Å². The minimum absolute atomic E-state index is 0.628. The number of hydrogen-bond acceptors (Lipinski definition) is 5. The van der Waals surface area contributed by atoms with E-state index in [-0.39, 0.29) is 0 Å². The van der Waals surface area contributed by atoms with E-state index in [0.717, 1.165) is 23.4 Å². The Labute approximate surface area is 104 Å². The lowest BCUT2D eigenvalue weighted by Gasteiger charge is -2.27. The van der Waals surface area contributed by atoms with Crippen LogP contribution in [0.3, 0.4) is 0 Å². The summed E-state index contributed by atoms with van der Waals surface area (Å²) >= 11 is 3.44. The summed E-state index contributed by atoms with van der Waals surface area (Å²) < 4.78 is 0.886. The van der Waals surface area contributed by atoms with Crippen LogP contribution >= 0.6 is 15.9 Å². The Balaban J connectivity index is 2.06. The second-order valence-corrected chi connectivity index (χ2v) is 4.65. The van der Waals surface area contributed by atoms with Crippen LogP contribution < -0.4 is 10.7 Å². The van der Waals surface area contributed by atoms with Crippen LogP contribution in [0.4, 0.5) is 11.8 Å². The highest BCUT2D eigenvalue weighted by Gasteiger charge is 2.12. The van der Waals surface area contributed by atoms with Gasteiger partial charge in [0.15, 0.2) is 5.82 Å². The van der Waals surface area contributed by atoms with E-state index in [1.54, 1.807) is 6.20 Å². The summed E-state index contributed by atoms with van der Waals surface area (Å²) in [5.74, 6) is 1.45. The minimum atomic E-state index is 0.628. The van der Waals surface area contributed by atoms with Gasteiger partial charge in [-0.05, 0) is 28.8 Å². The number of hydrogen-bond donors (Lipinski definition) is 2. The van der Waals surface area contributed by atoms with Crippen LogP contribution in [-0.2, 0) is 0 Å². The number of halogens is 1. The molecule has 0 radical (unpaired) electrons. The van der Waals surface area contributed by atoms with Crippen molar-refractivity contribution in [1.82, 2.24) is 15.0 Å². The van der Waals surface area contributed by atoms with Crippen molar-refractivity contribution in [1.29, 1.82) is 0 Å². The second-order valence-electron chi connectivity index (χ2n) is 3.80. The molecule has 0 spiro atoms. The van der Waals surface area contributed by atoms with Crippen molar-refractivity contribution in [3.63, 3.8) is 0 Å². The third-order valence-electron chi connectivity index (χ3n) is 2.59. The lowest BCUT2D eigenvalue weighted by molar-refractivity contribution is 0.272.